The fraction of sp³-hybridized carbons (Fsp3) is 1.00. The van der Waals surface area contributed by atoms with Crippen LogP contribution in [0.1, 0.15) is 13.3 Å². The van der Waals surface area contributed by atoms with Gasteiger partial charge in [-0.2, -0.15) is 0 Å². The minimum Gasteiger partial charge on any atom is -0.394 e. The van der Waals surface area contributed by atoms with E-state index in [1.165, 1.54) is 0 Å². The first-order valence-corrected chi connectivity index (χ1v) is 3.77. The third-order valence-corrected chi connectivity index (χ3v) is 2.05. The third-order valence-electron chi connectivity index (χ3n) is 2.05. The van der Waals surface area contributed by atoms with Gasteiger partial charge in [-0.15, -0.1) is 0 Å². The first-order chi connectivity index (χ1) is 5.15. The van der Waals surface area contributed by atoms with E-state index in [1.807, 2.05) is 6.92 Å². The Labute approximate surface area is 65.4 Å². The van der Waals surface area contributed by atoms with E-state index in [-0.39, 0.29) is 12.5 Å². The Hall–Kier alpha value is -0.160. The smallest absolute Gasteiger partial charge is 0.155 e. The molecule has 4 heteroatoms. The van der Waals surface area contributed by atoms with Crippen LogP contribution in [-0.2, 0) is 4.74 Å². The molecular weight excluding hydrogens is 148 g/mol. The van der Waals surface area contributed by atoms with Crippen LogP contribution in [0.3, 0.4) is 0 Å². The van der Waals surface area contributed by atoms with Crippen LogP contribution in [0.15, 0.2) is 0 Å². The molecule has 0 radical (unpaired) electrons. The minimum absolute atomic E-state index is 0.0177. The standard InChI is InChI=1S/C7H14O4/c1-4-2-6(9)11-5(3-8)7(4)10/h4-10H,2-3H2,1H3. The summed E-state index contributed by atoms with van der Waals surface area (Å²) in [5.74, 6) is -0.0177. The van der Waals surface area contributed by atoms with Crippen molar-refractivity contribution >= 4 is 0 Å². The largest absolute Gasteiger partial charge is 0.394 e. The normalized spacial score (nSPS) is 45.8. The van der Waals surface area contributed by atoms with Crippen LogP contribution in [0.2, 0.25) is 0 Å². The summed E-state index contributed by atoms with van der Waals surface area (Å²) in [4.78, 5) is 0. The van der Waals surface area contributed by atoms with Gasteiger partial charge in [-0.25, -0.2) is 0 Å². The van der Waals surface area contributed by atoms with Crippen LogP contribution in [0, 0.1) is 5.92 Å². The molecule has 1 aliphatic heterocycles. The van der Waals surface area contributed by atoms with Crippen molar-refractivity contribution in [1.82, 2.24) is 0 Å². The lowest BCUT2D eigenvalue weighted by molar-refractivity contribution is -0.224. The summed E-state index contributed by atoms with van der Waals surface area (Å²) < 4.78 is 4.87. The van der Waals surface area contributed by atoms with Gasteiger partial charge in [0.25, 0.3) is 0 Å². The molecule has 0 aliphatic carbocycles. The van der Waals surface area contributed by atoms with E-state index in [2.05, 4.69) is 0 Å². The number of hydrogen-bond donors (Lipinski definition) is 3. The van der Waals surface area contributed by atoms with Gasteiger partial charge in [0, 0.05) is 6.42 Å². The summed E-state index contributed by atoms with van der Waals surface area (Å²) in [6, 6.07) is 0. The molecule has 0 aromatic rings. The monoisotopic (exact) mass is 162 g/mol. The molecule has 1 aliphatic rings. The molecule has 3 N–H and O–H groups in total. The Balaban J connectivity index is 2.51. The number of aliphatic hydroxyl groups excluding tert-OH is 3. The minimum atomic E-state index is -0.842. The van der Waals surface area contributed by atoms with Crippen molar-refractivity contribution in [2.24, 2.45) is 5.92 Å². The highest BCUT2D eigenvalue weighted by Crippen LogP contribution is 2.23. The Morgan fingerprint density at radius 2 is 2.09 bits per heavy atom. The van der Waals surface area contributed by atoms with Crippen LogP contribution < -0.4 is 0 Å². The summed E-state index contributed by atoms with van der Waals surface area (Å²) in [7, 11) is 0. The van der Waals surface area contributed by atoms with E-state index < -0.39 is 18.5 Å². The number of aliphatic hydroxyl groups is 3. The fourth-order valence-corrected chi connectivity index (χ4v) is 1.31. The van der Waals surface area contributed by atoms with Crippen LogP contribution in [0.5, 0.6) is 0 Å². The summed E-state index contributed by atoms with van der Waals surface area (Å²) in [5.41, 5.74) is 0. The van der Waals surface area contributed by atoms with Crippen LogP contribution >= 0.6 is 0 Å². The zero-order valence-corrected chi connectivity index (χ0v) is 6.47. The molecule has 66 valence electrons. The van der Waals surface area contributed by atoms with Gasteiger partial charge in [-0.1, -0.05) is 6.92 Å². The van der Waals surface area contributed by atoms with Crippen molar-refractivity contribution in [3.05, 3.63) is 0 Å². The lowest BCUT2D eigenvalue weighted by Gasteiger charge is -2.34. The Morgan fingerprint density at radius 3 is 2.64 bits per heavy atom. The lowest BCUT2D eigenvalue weighted by Crippen LogP contribution is -2.45. The fourth-order valence-electron chi connectivity index (χ4n) is 1.31. The van der Waals surface area contributed by atoms with E-state index in [0.717, 1.165) is 0 Å². The van der Waals surface area contributed by atoms with E-state index >= 15 is 0 Å². The summed E-state index contributed by atoms with van der Waals surface area (Å²) in [6.07, 6.45) is -1.71. The van der Waals surface area contributed by atoms with E-state index in [4.69, 9.17) is 14.9 Å². The molecular formula is C7H14O4. The Bertz CT molecular complexity index is 128. The van der Waals surface area contributed by atoms with Crippen molar-refractivity contribution in [3.8, 4) is 0 Å². The maximum Gasteiger partial charge on any atom is 0.155 e. The maximum atomic E-state index is 9.36. The highest BCUT2D eigenvalue weighted by atomic mass is 16.6. The van der Waals surface area contributed by atoms with Crippen LogP contribution in [0.4, 0.5) is 0 Å². The first kappa shape index (κ1) is 8.93. The van der Waals surface area contributed by atoms with Gasteiger partial charge in [0.15, 0.2) is 6.29 Å². The molecule has 0 amide bonds. The molecule has 1 heterocycles. The van der Waals surface area contributed by atoms with Gasteiger partial charge in [0.05, 0.1) is 12.7 Å². The average molecular weight is 162 g/mol. The van der Waals surface area contributed by atoms with Gasteiger partial charge >= 0.3 is 0 Å². The molecule has 0 aromatic carbocycles. The molecule has 1 rings (SSSR count). The Kier molecular flexibility index (Phi) is 2.84. The molecule has 0 aromatic heterocycles. The van der Waals surface area contributed by atoms with Crippen molar-refractivity contribution in [1.29, 1.82) is 0 Å². The number of rotatable bonds is 1. The predicted molar refractivity (Wildman–Crippen MR) is 37.8 cm³/mol. The summed E-state index contributed by atoms with van der Waals surface area (Å²) >= 11 is 0. The van der Waals surface area contributed by atoms with Crippen LogP contribution in [0.25, 0.3) is 0 Å². The summed E-state index contributed by atoms with van der Waals surface area (Å²) in [6.45, 7) is 1.57. The summed E-state index contributed by atoms with van der Waals surface area (Å²) in [5, 5.41) is 27.1. The van der Waals surface area contributed by atoms with Gasteiger partial charge in [0.2, 0.25) is 0 Å². The molecule has 0 bridgehead atoms. The second kappa shape index (κ2) is 3.49. The molecule has 4 atom stereocenters. The van der Waals surface area contributed by atoms with Crippen molar-refractivity contribution < 1.29 is 20.1 Å². The van der Waals surface area contributed by atoms with Crippen molar-refractivity contribution in [3.63, 3.8) is 0 Å². The molecule has 11 heavy (non-hydrogen) atoms. The average Bonchev–Trinajstić information content (AvgIpc) is 1.96. The number of hydrogen-bond acceptors (Lipinski definition) is 4. The maximum absolute atomic E-state index is 9.36. The first-order valence-electron chi connectivity index (χ1n) is 3.77. The van der Waals surface area contributed by atoms with E-state index in [0.29, 0.717) is 6.42 Å². The van der Waals surface area contributed by atoms with E-state index in [9.17, 15) is 5.11 Å². The van der Waals surface area contributed by atoms with E-state index in [1.54, 1.807) is 0 Å². The quantitative estimate of drug-likeness (QED) is 0.466. The second-order valence-electron chi connectivity index (χ2n) is 3.02. The zero-order valence-electron chi connectivity index (χ0n) is 6.47. The van der Waals surface area contributed by atoms with Gasteiger partial charge < -0.3 is 20.1 Å². The molecule has 1 fully saturated rings. The lowest BCUT2D eigenvalue weighted by atomic mass is 9.94. The van der Waals surface area contributed by atoms with Crippen LogP contribution in [-0.4, -0.2) is 40.4 Å². The molecule has 0 saturated carbocycles. The van der Waals surface area contributed by atoms with Crippen molar-refractivity contribution in [2.75, 3.05) is 6.61 Å². The SMILES string of the molecule is CC1CC(O)OC(CO)C1O. The highest BCUT2D eigenvalue weighted by molar-refractivity contribution is 4.79. The Morgan fingerprint density at radius 1 is 1.45 bits per heavy atom. The highest BCUT2D eigenvalue weighted by Gasteiger charge is 2.33. The van der Waals surface area contributed by atoms with Gasteiger partial charge in [0.1, 0.15) is 6.10 Å². The second-order valence-corrected chi connectivity index (χ2v) is 3.02. The topological polar surface area (TPSA) is 69.9 Å². The van der Waals surface area contributed by atoms with Crippen molar-refractivity contribution in [2.45, 2.75) is 31.8 Å². The molecule has 0 spiro atoms. The third kappa shape index (κ3) is 1.90. The molecule has 4 nitrogen and oxygen atoms in total. The van der Waals surface area contributed by atoms with Gasteiger partial charge in [-0.05, 0) is 5.92 Å². The van der Waals surface area contributed by atoms with Gasteiger partial charge in [-0.3, -0.25) is 0 Å². The zero-order chi connectivity index (χ0) is 8.43. The molecule has 4 unspecified atom stereocenters. The molecule has 1 saturated heterocycles. The number of ether oxygens (including phenoxy) is 1. The predicted octanol–water partition coefficient (Wildman–Crippen LogP) is -0.917.